The molecule has 0 bridgehead atoms. The van der Waals surface area contributed by atoms with E-state index in [-0.39, 0.29) is 29.7 Å². The number of hydrogen-bond donors (Lipinski definition) is 1. The van der Waals surface area contributed by atoms with Gasteiger partial charge in [-0.15, -0.1) is 0 Å². The quantitative estimate of drug-likeness (QED) is 0.666. The first kappa shape index (κ1) is 24.7. The summed E-state index contributed by atoms with van der Waals surface area (Å²) >= 11 is 0. The van der Waals surface area contributed by atoms with E-state index in [4.69, 9.17) is 4.74 Å². The molecule has 2 aromatic rings. The third kappa shape index (κ3) is 5.73. The van der Waals surface area contributed by atoms with Gasteiger partial charge in [-0.05, 0) is 67.6 Å². The van der Waals surface area contributed by atoms with Gasteiger partial charge in [-0.1, -0.05) is 45.9 Å². The highest BCUT2D eigenvalue weighted by atomic mass is 19.1. The highest BCUT2D eigenvalue weighted by Gasteiger charge is 2.37. The molecule has 0 saturated carbocycles. The maximum atomic E-state index is 13.7. The Hall–Kier alpha value is -2.89. The van der Waals surface area contributed by atoms with Crippen molar-refractivity contribution < 1.29 is 18.7 Å². The molecule has 1 aliphatic heterocycles. The largest absolute Gasteiger partial charge is 0.481 e. The van der Waals surface area contributed by atoms with E-state index >= 15 is 0 Å². The molecule has 2 atom stereocenters. The standard InChI is InChI=1S/C27H35FN2O3/c1-7-23(25(31)29-17(2)3)33-21-13-10-18-14-15-30(26(32)27(4,5)6)24(22(18)16-21)19-8-11-20(28)12-9-19/h8-13,16-17,23-24H,7,14-15H2,1-6H3,(H,29,31)/t23-,24-/m0/s1. The molecule has 33 heavy (non-hydrogen) atoms. The molecule has 0 radical (unpaired) electrons. The third-order valence-electron chi connectivity index (χ3n) is 5.81. The second kappa shape index (κ2) is 9.94. The third-order valence-corrected chi connectivity index (χ3v) is 5.81. The molecular formula is C27H35FN2O3. The van der Waals surface area contributed by atoms with Crippen LogP contribution in [0.15, 0.2) is 42.5 Å². The molecular weight excluding hydrogens is 419 g/mol. The van der Waals surface area contributed by atoms with Gasteiger partial charge in [0.2, 0.25) is 5.91 Å². The molecule has 1 heterocycles. The van der Waals surface area contributed by atoms with Crippen molar-refractivity contribution in [3.05, 3.63) is 65.0 Å². The number of rotatable bonds is 6. The van der Waals surface area contributed by atoms with Crippen LogP contribution in [0.3, 0.4) is 0 Å². The van der Waals surface area contributed by atoms with Gasteiger partial charge in [-0.25, -0.2) is 4.39 Å². The Morgan fingerprint density at radius 1 is 1.15 bits per heavy atom. The normalized spacial score (nSPS) is 16.8. The fourth-order valence-corrected chi connectivity index (χ4v) is 4.18. The summed E-state index contributed by atoms with van der Waals surface area (Å²) < 4.78 is 19.8. The molecule has 0 spiro atoms. The van der Waals surface area contributed by atoms with E-state index in [1.807, 2.05) is 64.6 Å². The molecule has 0 saturated heterocycles. The molecule has 6 heteroatoms. The van der Waals surface area contributed by atoms with Crippen LogP contribution in [0.2, 0.25) is 0 Å². The number of nitrogens with one attached hydrogen (secondary N) is 1. The number of amides is 2. The lowest BCUT2D eigenvalue weighted by atomic mass is 9.85. The van der Waals surface area contributed by atoms with Gasteiger partial charge in [0.15, 0.2) is 6.10 Å². The Balaban J connectivity index is 2.01. The predicted octanol–water partition coefficient (Wildman–Crippen LogP) is 5.03. The van der Waals surface area contributed by atoms with Crippen molar-refractivity contribution >= 4 is 11.8 Å². The predicted molar refractivity (Wildman–Crippen MR) is 128 cm³/mol. The van der Waals surface area contributed by atoms with Gasteiger partial charge in [0.05, 0.1) is 6.04 Å². The highest BCUT2D eigenvalue weighted by Crippen LogP contribution is 2.39. The van der Waals surface area contributed by atoms with Crippen LogP contribution in [0.1, 0.15) is 70.7 Å². The van der Waals surface area contributed by atoms with Crippen LogP contribution in [0.4, 0.5) is 4.39 Å². The van der Waals surface area contributed by atoms with Crippen LogP contribution in [0.25, 0.3) is 0 Å². The zero-order valence-electron chi connectivity index (χ0n) is 20.4. The number of nitrogens with zero attached hydrogens (tertiary/aromatic N) is 1. The Labute approximate surface area is 196 Å². The van der Waals surface area contributed by atoms with Crippen molar-refractivity contribution in [1.29, 1.82) is 0 Å². The summed E-state index contributed by atoms with van der Waals surface area (Å²) in [4.78, 5) is 27.7. The Morgan fingerprint density at radius 3 is 2.39 bits per heavy atom. The fourth-order valence-electron chi connectivity index (χ4n) is 4.18. The number of carbonyl (C=O) groups excluding carboxylic acids is 2. The second-order valence-electron chi connectivity index (χ2n) is 9.99. The van der Waals surface area contributed by atoms with E-state index in [1.54, 1.807) is 12.1 Å². The minimum Gasteiger partial charge on any atom is -0.481 e. The number of carbonyl (C=O) groups is 2. The van der Waals surface area contributed by atoms with E-state index in [2.05, 4.69) is 5.32 Å². The van der Waals surface area contributed by atoms with Gasteiger partial charge < -0.3 is 15.0 Å². The minimum absolute atomic E-state index is 0.0264. The highest BCUT2D eigenvalue weighted by molar-refractivity contribution is 5.83. The summed E-state index contributed by atoms with van der Waals surface area (Å²) in [7, 11) is 0. The van der Waals surface area contributed by atoms with Crippen molar-refractivity contribution in [3.63, 3.8) is 0 Å². The monoisotopic (exact) mass is 454 g/mol. The molecule has 3 rings (SSSR count). The summed E-state index contributed by atoms with van der Waals surface area (Å²) in [6.07, 6.45) is 0.650. The summed E-state index contributed by atoms with van der Waals surface area (Å²) in [6.45, 7) is 12.0. The Bertz CT molecular complexity index is 995. The first-order valence-corrected chi connectivity index (χ1v) is 11.7. The van der Waals surface area contributed by atoms with Crippen LogP contribution in [-0.2, 0) is 16.0 Å². The maximum absolute atomic E-state index is 13.7. The fraction of sp³-hybridized carbons (Fsp3) is 0.481. The van der Waals surface area contributed by atoms with Gasteiger partial charge in [-0.2, -0.15) is 0 Å². The Kier molecular flexibility index (Phi) is 7.45. The molecule has 1 aliphatic rings. The molecule has 5 nitrogen and oxygen atoms in total. The number of halogens is 1. The van der Waals surface area contributed by atoms with E-state index in [9.17, 15) is 14.0 Å². The summed E-state index contributed by atoms with van der Waals surface area (Å²) in [5, 5.41) is 2.90. The van der Waals surface area contributed by atoms with Crippen molar-refractivity contribution in [1.82, 2.24) is 10.2 Å². The number of hydrogen-bond acceptors (Lipinski definition) is 3. The van der Waals surface area contributed by atoms with E-state index < -0.39 is 11.5 Å². The van der Waals surface area contributed by atoms with Crippen LogP contribution in [0, 0.1) is 11.2 Å². The zero-order valence-corrected chi connectivity index (χ0v) is 20.4. The lowest BCUT2D eigenvalue weighted by Gasteiger charge is -2.41. The smallest absolute Gasteiger partial charge is 0.261 e. The molecule has 0 aromatic heterocycles. The Morgan fingerprint density at radius 2 is 1.82 bits per heavy atom. The lowest BCUT2D eigenvalue weighted by Crippen LogP contribution is -2.45. The lowest BCUT2D eigenvalue weighted by molar-refractivity contribution is -0.141. The van der Waals surface area contributed by atoms with E-state index in [0.29, 0.717) is 18.7 Å². The summed E-state index contributed by atoms with van der Waals surface area (Å²) in [6, 6.07) is 11.8. The van der Waals surface area contributed by atoms with Crippen LogP contribution >= 0.6 is 0 Å². The molecule has 178 valence electrons. The van der Waals surface area contributed by atoms with Gasteiger partial charge in [0, 0.05) is 18.0 Å². The van der Waals surface area contributed by atoms with Crippen molar-refractivity contribution in [2.45, 2.75) is 72.6 Å². The first-order valence-electron chi connectivity index (χ1n) is 11.7. The van der Waals surface area contributed by atoms with Crippen LogP contribution in [0.5, 0.6) is 5.75 Å². The molecule has 1 N–H and O–H groups in total. The zero-order chi connectivity index (χ0) is 24.3. The van der Waals surface area contributed by atoms with Crippen LogP contribution in [-0.4, -0.2) is 35.4 Å². The van der Waals surface area contributed by atoms with Gasteiger partial charge in [0.1, 0.15) is 11.6 Å². The maximum Gasteiger partial charge on any atom is 0.261 e. The van der Waals surface area contributed by atoms with Crippen molar-refractivity contribution in [3.8, 4) is 5.75 Å². The van der Waals surface area contributed by atoms with Crippen LogP contribution < -0.4 is 10.1 Å². The number of benzene rings is 2. The van der Waals surface area contributed by atoms with Gasteiger partial charge >= 0.3 is 0 Å². The second-order valence-corrected chi connectivity index (χ2v) is 9.99. The topological polar surface area (TPSA) is 58.6 Å². The van der Waals surface area contributed by atoms with E-state index in [1.165, 1.54) is 12.1 Å². The average molecular weight is 455 g/mol. The number of ether oxygens (including phenoxy) is 1. The van der Waals surface area contributed by atoms with Crippen molar-refractivity contribution in [2.24, 2.45) is 5.41 Å². The summed E-state index contributed by atoms with van der Waals surface area (Å²) in [5.41, 5.74) is 2.36. The first-order chi connectivity index (χ1) is 15.5. The van der Waals surface area contributed by atoms with Gasteiger partial charge in [-0.3, -0.25) is 9.59 Å². The molecule has 0 aliphatic carbocycles. The molecule has 2 amide bonds. The van der Waals surface area contributed by atoms with Gasteiger partial charge in [0.25, 0.3) is 5.91 Å². The summed E-state index contributed by atoms with van der Waals surface area (Å²) in [5.74, 6) is 0.153. The SMILES string of the molecule is CC[C@H](Oc1ccc2c(c1)[C@H](c1ccc(F)cc1)N(C(=O)C(C)(C)C)CC2)C(=O)NC(C)C. The average Bonchev–Trinajstić information content (AvgIpc) is 2.75. The molecule has 2 aromatic carbocycles. The van der Waals surface area contributed by atoms with E-state index in [0.717, 1.165) is 23.1 Å². The van der Waals surface area contributed by atoms with Crippen molar-refractivity contribution in [2.75, 3.05) is 6.54 Å². The molecule has 0 unspecified atom stereocenters. The number of fused-ring (bicyclic) bond motifs is 1. The minimum atomic E-state index is -0.606. The molecule has 0 fully saturated rings.